The van der Waals surface area contributed by atoms with E-state index < -0.39 is 23.1 Å². The van der Waals surface area contributed by atoms with E-state index in [1.54, 1.807) is 6.07 Å². The van der Waals surface area contributed by atoms with Crippen molar-refractivity contribution in [2.24, 2.45) is 16.4 Å². The maximum atomic E-state index is 14.6. The molecule has 2 N–H and O–H groups in total. The zero-order valence-corrected chi connectivity index (χ0v) is 23.8. The molecular weight excluding hydrogens is 549 g/mol. The van der Waals surface area contributed by atoms with Gasteiger partial charge in [-0.3, -0.25) is 14.4 Å². The van der Waals surface area contributed by atoms with Crippen LogP contribution in [0.4, 0.5) is 10.1 Å². The first-order valence-electron chi connectivity index (χ1n) is 14.8. The summed E-state index contributed by atoms with van der Waals surface area (Å²) < 4.78 is 20.1. The molecule has 0 saturated heterocycles. The lowest BCUT2D eigenvalue weighted by molar-refractivity contribution is -0.143. The second-order valence-corrected chi connectivity index (χ2v) is 11.8. The van der Waals surface area contributed by atoms with Gasteiger partial charge in [-0.1, -0.05) is 55.3 Å². The first kappa shape index (κ1) is 28.6. The first-order valence-corrected chi connectivity index (χ1v) is 14.8. The Bertz CT molecular complexity index is 1550. The third kappa shape index (κ3) is 6.30. The van der Waals surface area contributed by atoms with Crippen molar-refractivity contribution in [3.05, 3.63) is 101 Å². The number of carbonyl (C=O) groups is 3. The van der Waals surface area contributed by atoms with Crippen LogP contribution in [0.3, 0.4) is 0 Å². The van der Waals surface area contributed by atoms with Crippen molar-refractivity contribution in [2.45, 2.75) is 57.4 Å². The number of nitrogens with one attached hydrogen (secondary N) is 1. The summed E-state index contributed by atoms with van der Waals surface area (Å²) >= 11 is 0. The van der Waals surface area contributed by atoms with E-state index in [0.29, 0.717) is 30.0 Å². The summed E-state index contributed by atoms with van der Waals surface area (Å²) in [5, 5.41) is 18.4. The van der Waals surface area contributed by atoms with Crippen molar-refractivity contribution in [1.82, 2.24) is 5.01 Å². The Hall–Kier alpha value is -4.53. The van der Waals surface area contributed by atoms with Crippen LogP contribution in [0.5, 0.6) is 0 Å². The number of rotatable bonds is 10. The number of anilines is 1. The van der Waals surface area contributed by atoms with E-state index in [9.17, 15) is 23.9 Å². The zero-order chi connectivity index (χ0) is 30.0. The molecule has 222 valence electrons. The highest BCUT2D eigenvalue weighted by atomic mass is 19.1. The molecule has 0 spiro atoms. The van der Waals surface area contributed by atoms with Gasteiger partial charge in [-0.05, 0) is 85.0 Å². The van der Waals surface area contributed by atoms with E-state index in [0.717, 1.165) is 42.4 Å². The smallest absolute Gasteiger partial charge is 0.309 e. The highest BCUT2D eigenvalue weighted by Crippen LogP contribution is 2.49. The Kier molecular flexibility index (Phi) is 7.97. The number of hydrogen-bond acceptors (Lipinski definition) is 5. The second-order valence-electron chi connectivity index (χ2n) is 11.8. The number of carbonyl (C=O) groups excluding carboxylic acids is 2. The normalized spacial score (nSPS) is 18.5. The molecular formula is C34H34FN3O5. The molecule has 9 heteroatoms. The van der Waals surface area contributed by atoms with Gasteiger partial charge in [0.1, 0.15) is 5.82 Å². The molecule has 2 saturated carbocycles. The highest BCUT2D eigenvalue weighted by Gasteiger charge is 2.50. The molecule has 0 aromatic heterocycles. The number of carboxylic acids is 1. The van der Waals surface area contributed by atoms with E-state index in [1.165, 1.54) is 17.1 Å². The Labute approximate surface area is 249 Å². The van der Waals surface area contributed by atoms with Crippen LogP contribution in [0.15, 0.2) is 77.9 Å². The summed E-state index contributed by atoms with van der Waals surface area (Å²) in [6.07, 6.45) is 5.16. The molecule has 0 bridgehead atoms. The monoisotopic (exact) mass is 583 g/mol. The molecule has 2 aliphatic carbocycles. The number of amides is 2. The molecule has 0 radical (unpaired) electrons. The molecule has 3 aromatic rings. The predicted octanol–water partition coefficient (Wildman–Crippen LogP) is 5.87. The molecule has 1 aliphatic heterocycles. The average molecular weight is 584 g/mol. The molecule has 3 aliphatic rings. The van der Waals surface area contributed by atoms with Gasteiger partial charge in [-0.25, -0.2) is 9.40 Å². The largest absolute Gasteiger partial charge is 0.481 e. The number of nitrogens with zero attached hydrogens (tertiary/aromatic N) is 2. The van der Waals surface area contributed by atoms with Gasteiger partial charge in [-0.2, -0.15) is 0 Å². The third-order valence-electron chi connectivity index (χ3n) is 8.83. The second kappa shape index (κ2) is 12.0. The summed E-state index contributed by atoms with van der Waals surface area (Å²) in [5.74, 6) is -1.61. The van der Waals surface area contributed by atoms with Crippen molar-refractivity contribution in [2.75, 3.05) is 11.9 Å². The van der Waals surface area contributed by atoms with E-state index >= 15 is 0 Å². The molecule has 2 fully saturated rings. The fourth-order valence-electron chi connectivity index (χ4n) is 6.17. The summed E-state index contributed by atoms with van der Waals surface area (Å²) in [5.41, 5.74) is 2.40. The number of benzene rings is 3. The lowest BCUT2D eigenvalue weighted by Gasteiger charge is -2.25. The summed E-state index contributed by atoms with van der Waals surface area (Å²) in [6, 6.07) is 21.5. The van der Waals surface area contributed by atoms with Crippen LogP contribution < -0.4 is 5.32 Å². The molecule has 1 atom stereocenters. The number of carboxylic acid groups (broad SMARTS) is 1. The van der Waals surface area contributed by atoms with E-state index in [-0.39, 0.29) is 37.3 Å². The standard InChI is InChI=1S/C34H34FN3O5/c35-28-15-14-27(18-26(28)19-34(16-17-34)33(41)42)36-31(40)30(23-6-4-5-7-23)24-12-10-22(11-13-24)20-38-29(39)21-43-32(37-38)25-8-2-1-3-9-25/h1-3,8-15,18,23,30H,4-7,16-17,19-21H2,(H,36,40)(H,41,42). The Morgan fingerprint density at radius 2 is 1.77 bits per heavy atom. The first-order chi connectivity index (χ1) is 20.8. The third-order valence-corrected chi connectivity index (χ3v) is 8.83. The minimum atomic E-state index is -0.910. The van der Waals surface area contributed by atoms with Crippen LogP contribution in [0.1, 0.15) is 66.7 Å². The van der Waals surface area contributed by atoms with Crippen molar-refractivity contribution in [1.29, 1.82) is 0 Å². The van der Waals surface area contributed by atoms with Crippen molar-refractivity contribution < 1.29 is 28.6 Å². The quantitative estimate of drug-likeness (QED) is 0.311. The van der Waals surface area contributed by atoms with Gasteiger partial charge in [0, 0.05) is 11.3 Å². The molecule has 6 rings (SSSR count). The van der Waals surface area contributed by atoms with E-state index in [2.05, 4.69) is 10.4 Å². The summed E-state index contributed by atoms with van der Waals surface area (Å²) in [7, 11) is 0. The minimum Gasteiger partial charge on any atom is -0.481 e. The van der Waals surface area contributed by atoms with Crippen molar-refractivity contribution in [3.63, 3.8) is 0 Å². The van der Waals surface area contributed by atoms with Crippen molar-refractivity contribution in [3.8, 4) is 0 Å². The predicted molar refractivity (Wildman–Crippen MR) is 159 cm³/mol. The Balaban J connectivity index is 1.18. The number of hydrogen-bond donors (Lipinski definition) is 2. The van der Waals surface area contributed by atoms with Crippen LogP contribution >= 0.6 is 0 Å². The van der Waals surface area contributed by atoms with Gasteiger partial charge in [0.15, 0.2) is 6.61 Å². The topological polar surface area (TPSA) is 108 Å². The van der Waals surface area contributed by atoms with E-state index in [1.807, 2.05) is 54.6 Å². The zero-order valence-electron chi connectivity index (χ0n) is 23.8. The molecule has 1 heterocycles. The number of aliphatic carboxylic acids is 1. The minimum absolute atomic E-state index is 0.0852. The van der Waals surface area contributed by atoms with Crippen LogP contribution in [-0.4, -0.2) is 40.4 Å². The summed E-state index contributed by atoms with van der Waals surface area (Å²) in [6.45, 7) is 0.188. The van der Waals surface area contributed by atoms with Gasteiger partial charge >= 0.3 is 5.97 Å². The molecule has 43 heavy (non-hydrogen) atoms. The van der Waals surface area contributed by atoms with Gasteiger partial charge in [0.2, 0.25) is 11.8 Å². The van der Waals surface area contributed by atoms with Crippen molar-refractivity contribution >= 4 is 29.4 Å². The van der Waals surface area contributed by atoms with Gasteiger partial charge in [0.25, 0.3) is 5.91 Å². The number of halogens is 1. The van der Waals surface area contributed by atoms with Gasteiger partial charge in [0.05, 0.1) is 17.9 Å². The Morgan fingerprint density at radius 3 is 2.44 bits per heavy atom. The fraction of sp³-hybridized carbons (Fsp3) is 0.353. The number of ether oxygens (including phenoxy) is 1. The average Bonchev–Trinajstić information content (AvgIpc) is 3.61. The van der Waals surface area contributed by atoms with Gasteiger partial charge in [-0.15, -0.1) is 5.10 Å². The fourth-order valence-corrected chi connectivity index (χ4v) is 6.17. The molecule has 2 amide bonds. The molecule has 8 nitrogen and oxygen atoms in total. The lowest BCUT2D eigenvalue weighted by atomic mass is 9.83. The van der Waals surface area contributed by atoms with Crippen LogP contribution in [0, 0.1) is 17.2 Å². The Morgan fingerprint density at radius 1 is 1.05 bits per heavy atom. The maximum Gasteiger partial charge on any atom is 0.309 e. The van der Waals surface area contributed by atoms with Crippen LogP contribution in [-0.2, 0) is 32.1 Å². The van der Waals surface area contributed by atoms with Crippen LogP contribution in [0.25, 0.3) is 0 Å². The summed E-state index contributed by atoms with van der Waals surface area (Å²) in [4.78, 5) is 37.9. The SMILES string of the molecule is O=C(Nc1ccc(F)c(CC2(C(=O)O)CC2)c1)C(c1ccc(CN2N=C(c3ccccc3)OCC2=O)cc1)C1CCCC1. The van der Waals surface area contributed by atoms with Gasteiger partial charge < -0.3 is 15.2 Å². The highest BCUT2D eigenvalue weighted by molar-refractivity contribution is 5.98. The van der Waals surface area contributed by atoms with Crippen LogP contribution in [0.2, 0.25) is 0 Å². The molecule has 1 unspecified atom stereocenters. The number of hydrazone groups is 1. The maximum absolute atomic E-state index is 14.6. The lowest BCUT2D eigenvalue weighted by Crippen LogP contribution is -2.36. The van der Waals surface area contributed by atoms with E-state index in [4.69, 9.17) is 4.74 Å². The molecule has 3 aromatic carbocycles.